The minimum Gasteiger partial charge on any atom is -0.493 e. The van der Waals surface area contributed by atoms with Crippen LogP contribution in [0.15, 0.2) is 59.2 Å². The van der Waals surface area contributed by atoms with E-state index in [0.29, 0.717) is 17.1 Å². The zero-order chi connectivity index (χ0) is 20.4. The van der Waals surface area contributed by atoms with Gasteiger partial charge in [0.1, 0.15) is 0 Å². The molecule has 0 spiro atoms. The number of carbonyl (C=O) groups is 2. The van der Waals surface area contributed by atoms with Crippen molar-refractivity contribution in [2.24, 2.45) is 5.10 Å². The Balaban J connectivity index is 1.83. The lowest BCUT2D eigenvalue weighted by atomic mass is 10.1. The number of nitrogens with one attached hydrogen (secondary N) is 2. The molecule has 0 aromatic heterocycles. The lowest BCUT2D eigenvalue weighted by molar-refractivity contribution is -0.120. The molecule has 2 amide bonds. The maximum Gasteiger partial charge on any atom is 0.259 e. The van der Waals surface area contributed by atoms with Gasteiger partial charge in [-0.3, -0.25) is 9.59 Å². The van der Waals surface area contributed by atoms with Crippen LogP contribution in [0.3, 0.4) is 0 Å². The largest absolute Gasteiger partial charge is 0.493 e. The van der Waals surface area contributed by atoms with Crippen molar-refractivity contribution in [3.8, 4) is 11.5 Å². The molecule has 7 heteroatoms. The molecule has 0 radical (unpaired) electrons. The van der Waals surface area contributed by atoms with Crippen molar-refractivity contribution >= 4 is 24.1 Å². The first-order chi connectivity index (χ1) is 13.5. The topological polar surface area (TPSA) is 89.0 Å². The smallest absolute Gasteiger partial charge is 0.259 e. The Morgan fingerprint density at radius 3 is 2.43 bits per heavy atom. The molecule has 7 nitrogen and oxygen atoms in total. The van der Waals surface area contributed by atoms with Gasteiger partial charge in [-0.2, -0.15) is 5.10 Å². The van der Waals surface area contributed by atoms with Gasteiger partial charge in [-0.25, -0.2) is 5.43 Å². The first-order valence-corrected chi connectivity index (χ1v) is 8.59. The molecule has 2 aromatic rings. The van der Waals surface area contributed by atoms with Crippen molar-refractivity contribution in [3.63, 3.8) is 0 Å². The molecule has 146 valence electrons. The van der Waals surface area contributed by atoms with Crippen molar-refractivity contribution in [1.82, 2.24) is 10.7 Å². The van der Waals surface area contributed by atoms with Gasteiger partial charge in [0, 0.05) is 5.56 Å². The zero-order valence-corrected chi connectivity index (χ0v) is 16.1. The number of benzene rings is 2. The molecule has 0 aliphatic heterocycles. The number of hydrazone groups is 1. The van der Waals surface area contributed by atoms with Crippen LogP contribution in [0.5, 0.6) is 11.5 Å². The predicted octanol–water partition coefficient (Wildman–Crippen LogP) is 2.64. The van der Waals surface area contributed by atoms with Crippen LogP contribution < -0.4 is 20.2 Å². The van der Waals surface area contributed by atoms with E-state index in [1.165, 1.54) is 14.2 Å². The van der Waals surface area contributed by atoms with E-state index in [0.717, 1.165) is 11.1 Å². The molecular weight excluding hydrogens is 358 g/mol. The van der Waals surface area contributed by atoms with Gasteiger partial charge in [0.15, 0.2) is 11.5 Å². The average molecular weight is 381 g/mol. The summed E-state index contributed by atoms with van der Waals surface area (Å²) >= 11 is 0. The number of methoxy groups -OCH3 is 2. The van der Waals surface area contributed by atoms with Crippen LogP contribution in [-0.4, -0.2) is 38.8 Å². The third-order valence-corrected chi connectivity index (χ3v) is 3.71. The second-order valence-electron chi connectivity index (χ2n) is 5.84. The van der Waals surface area contributed by atoms with E-state index in [4.69, 9.17) is 9.47 Å². The first kappa shape index (κ1) is 20.7. The van der Waals surface area contributed by atoms with Gasteiger partial charge in [0.25, 0.3) is 11.8 Å². The molecule has 0 saturated heterocycles. The molecule has 0 saturated carbocycles. The monoisotopic (exact) mass is 381 g/mol. The van der Waals surface area contributed by atoms with Crippen molar-refractivity contribution in [2.75, 3.05) is 20.8 Å². The lowest BCUT2D eigenvalue weighted by Gasteiger charge is -2.09. The number of nitrogens with zero attached hydrogens (tertiary/aromatic N) is 1. The fourth-order valence-electron chi connectivity index (χ4n) is 2.34. The number of amides is 2. The summed E-state index contributed by atoms with van der Waals surface area (Å²) in [5.41, 5.74) is 4.65. The third-order valence-electron chi connectivity index (χ3n) is 3.71. The van der Waals surface area contributed by atoms with Gasteiger partial charge in [0.2, 0.25) is 0 Å². The number of carbonyl (C=O) groups excluding carboxylic acids is 2. The standard InChI is InChI=1S/C21H23N3O4/c1-15(11-16-7-5-4-6-8-16)13-23-24-20(25)14-22-21(26)17-9-10-18(27-2)19(12-17)28-3/h4-13H,14H2,1-3H3,(H,22,26)(H,24,25)/b15-11+,23-13+. The normalized spacial score (nSPS) is 11.2. The van der Waals surface area contributed by atoms with Crippen LogP contribution in [0.1, 0.15) is 22.8 Å². The molecule has 0 unspecified atom stereocenters. The van der Waals surface area contributed by atoms with E-state index < -0.39 is 11.8 Å². The number of ether oxygens (including phenoxy) is 2. The molecule has 28 heavy (non-hydrogen) atoms. The summed E-state index contributed by atoms with van der Waals surface area (Å²) < 4.78 is 10.3. The maximum atomic E-state index is 12.2. The van der Waals surface area contributed by atoms with Crippen molar-refractivity contribution in [1.29, 1.82) is 0 Å². The summed E-state index contributed by atoms with van der Waals surface area (Å²) in [5, 5.41) is 6.42. The SMILES string of the molecule is COc1ccc(C(=O)NCC(=O)N/N=C/C(C)=C/c2ccccc2)cc1OC. The van der Waals surface area contributed by atoms with E-state index in [1.807, 2.05) is 43.3 Å². The van der Waals surface area contributed by atoms with E-state index in [9.17, 15) is 9.59 Å². The summed E-state index contributed by atoms with van der Waals surface area (Å²) in [7, 11) is 3.00. The van der Waals surface area contributed by atoms with Crippen LogP contribution in [0.2, 0.25) is 0 Å². The number of hydrogen-bond donors (Lipinski definition) is 2. The Labute approximate surface area is 164 Å². The molecular formula is C21H23N3O4. The van der Waals surface area contributed by atoms with E-state index in [-0.39, 0.29) is 6.54 Å². The van der Waals surface area contributed by atoms with Crippen LogP contribution in [0, 0.1) is 0 Å². The Kier molecular flexibility index (Phi) is 7.77. The molecule has 0 heterocycles. The fourth-order valence-corrected chi connectivity index (χ4v) is 2.34. The highest BCUT2D eigenvalue weighted by Crippen LogP contribution is 2.27. The van der Waals surface area contributed by atoms with Gasteiger partial charge >= 0.3 is 0 Å². The summed E-state index contributed by atoms with van der Waals surface area (Å²) in [6.45, 7) is 1.67. The van der Waals surface area contributed by atoms with Crippen molar-refractivity contribution < 1.29 is 19.1 Å². The number of allylic oxidation sites excluding steroid dienone is 1. The fraction of sp³-hybridized carbons (Fsp3) is 0.190. The summed E-state index contributed by atoms with van der Waals surface area (Å²) in [5.74, 6) is 0.118. The minimum absolute atomic E-state index is 0.202. The Morgan fingerprint density at radius 2 is 1.75 bits per heavy atom. The van der Waals surface area contributed by atoms with Crippen molar-refractivity contribution in [3.05, 3.63) is 65.2 Å². The van der Waals surface area contributed by atoms with Gasteiger partial charge < -0.3 is 14.8 Å². The highest BCUT2D eigenvalue weighted by atomic mass is 16.5. The summed E-state index contributed by atoms with van der Waals surface area (Å²) in [6, 6.07) is 14.5. The number of rotatable bonds is 8. The summed E-state index contributed by atoms with van der Waals surface area (Å²) in [4.78, 5) is 24.0. The molecule has 0 aliphatic rings. The van der Waals surface area contributed by atoms with Crippen LogP contribution in [-0.2, 0) is 4.79 Å². The van der Waals surface area contributed by atoms with Gasteiger partial charge in [-0.05, 0) is 36.3 Å². The second kappa shape index (κ2) is 10.5. The molecule has 2 aromatic carbocycles. The van der Waals surface area contributed by atoms with Crippen LogP contribution in [0.25, 0.3) is 6.08 Å². The highest BCUT2D eigenvalue weighted by molar-refractivity contribution is 5.97. The third kappa shape index (κ3) is 6.28. The Morgan fingerprint density at radius 1 is 1.04 bits per heavy atom. The highest BCUT2D eigenvalue weighted by Gasteiger charge is 2.11. The molecule has 0 fully saturated rings. The molecule has 0 bridgehead atoms. The van der Waals surface area contributed by atoms with Crippen LogP contribution >= 0.6 is 0 Å². The van der Waals surface area contributed by atoms with Gasteiger partial charge in [-0.15, -0.1) is 0 Å². The number of hydrogen-bond acceptors (Lipinski definition) is 5. The van der Waals surface area contributed by atoms with E-state index in [1.54, 1.807) is 24.4 Å². The molecule has 2 N–H and O–H groups in total. The maximum absolute atomic E-state index is 12.2. The Hall–Kier alpha value is -3.61. The van der Waals surface area contributed by atoms with Gasteiger partial charge in [0.05, 0.1) is 27.0 Å². The first-order valence-electron chi connectivity index (χ1n) is 8.59. The van der Waals surface area contributed by atoms with E-state index >= 15 is 0 Å². The summed E-state index contributed by atoms with van der Waals surface area (Å²) in [6.07, 6.45) is 3.48. The zero-order valence-electron chi connectivity index (χ0n) is 16.1. The van der Waals surface area contributed by atoms with E-state index in [2.05, 4.69) is 15.8 Å². The lowest BCUT2D eigenvalue weighted by Crippen LogP contribution is -2.34. The second-order valence-corrected chi connectivity index (χ2v) is 5.84. The molecule has 2 rings (SSSR count). The van der Waals surface area contributed by atoms with Crippen LogP contribution in [0.4, 0.5) is 0 Å². The Bertz CT molecular complexity index is 876. The molecule has 0 atom stereocenters. The van der Waals surface area contributed by atoms with Gasteiger partial charge in [-0.1, -0.05) is 36.4 Å². The predicted molar refractivity (Wildman–Crippen MR) is 109 cm³/mol. The van der Waals surface area contributed by atoms with Crippen molar-refractivity contribution in [2.45, 2.75) is 6.92 Å². The minimum atomic E-state index is -0.433. The molecule has 0 aliphatic carbocycles. The quantitative estimate of drug-likeness (QED) is 0.543. The average Bonchev–Trinajstić information content (AvgIpc) is 2.72.